The van der Waals surface area contributed by atoms with Crippen LogP contribution in [0.1, 0.15) is 24.2 Å². The first kappa shape index (κ1) is 17.5. The molecule has 1 heterocycles. The number of hydrogen-bond donors (Lipinski definition) is 3. The van der Waals surface area contributed by atoms with E-state index < -0.39 is 6.03 Å². The summed E-state index contributed by atoms with van der Waals surface area (Å²) in [4.78, 5) is 23.6. The van der Waals surface area contributed by atoms with E-state index in [1.807, 2.05) is 30.5 Å². The predicted molar refractivity (Wildman–Crippen MR) is 104 cm³/mol. The average Bonchev–Trinajstić information content (AvgIpc) is 2.94. The first-order valence-electron chi connectivity index (χ1n) is 8.50. The largest absolute Gasteiger partial charge is 0.351 e. The molecule has 2 aromatic carbocycles. The van der Waals surface area contributed by atoms with Crippen LogP contribution in [0.25, 0.3) is 10.9 Å². The molecule has 0 fully saturated rings. The van der Waals surface area contributed by atoms with Crippen LogP contribution >= 0.6 is 0 Å². The fraction of sp³-hybridized carbons (Fsp3) is 0.200. The molecule has 134 valence electrons. The van der Waals surface area contributed by atoms with E-state index in [1.54, 1.807) is 24.3 Å². The van der Waals surface area contributed by atoms with E-state index in [2.05, 4.69) is 29.0 Å². The van der Waals surface area contributed by atoms with Gasteiger partial charge < -0.3 is 20.9 Å². The van der Waals surface area contributed by atoms with Crippen molar-refractivity contribution in [1.82, 2.24) is 4.57 Å². The molecule has 1 aromatic heterocycles. The van der Waals surface area contributed by atoms with Crippen LogP contribution in [0.3, 0.4) is 0 Å². The van der Waals surface area contributed by atoms with Crippen LogP contribution in [-0.2, 0) is 6.54 Å². The number of amides is 3. The highest BCUT2D eigenvalue weighted by Crippen LogP contribution is 2.24. The zero-order chi connectivity index (χ0) is 18.7. The highest BCUT2D eigenvalue weighted by atomic mass is 16.2. The monoisotopic (exact) mass is 350 g/mol. The number of hydrogen-bond acceptors (Lipinski definition) is 2. The molecule has 0 radical (unpaired) electrons. The Morgan fingerprint density at radius 2 is 1.62 bits per heavy atom. The van der Waals surface area contributed by atoms with Gasteiger partial charge in [0.05, 0.1) is 5.56 Å². The maximum Gasteiger partial charge on any atom is 0.316 e. The molecule has 4 N–H and O–H groups in total. The van der Waals surface area contributed by atoms with Gasteiger partial charge in [-0.1, -0.05) is 32.0 Å². The van der Waals surface area contributed by atoms with Crippen molar-refractivity contribution in [2.24, 2.45) is 11.7 Å². The van der Waals surface area contributed by atoms with Crippen molar-refractivity contribution >= 4 is 34.2 Å². The lowest BCUT2D eigenvalue weighted by Gasteiger charge is -2.07. The first-order valence-corrected chi connectivity index (χ1v) is 8.50. The van der Waals surface area contributed by atoms with E-state index in [9.17, 15) is 9.59 Å². The fourth-order valence-corrected chi connectivity index (χ4v) is 2.95. The Morgan fingerprint density at radius 1 is 1.00 bits per heavy atom. The number of rotatable bonds is 5. The van der Waals surface area contributed by atoms with Gasteiger partial charge in [0.25, 0.3) is 5.91 Å². The van der Waals surface area contributed by atoms with Gasteiger partial charge in [0.2, 0.25) is 0 Å². The summed E-state index contributed by atoms with van der Waals surface area (Å²) in [5, 5.41) is 6.32. The number of nitrogens with two attached hydrogens (primary N) is 1. The van der Waals surface area contributed by atoms with Crippen molar-refractivity contribution in [2.45, 2.75) is 20.4 Å². The standard InChI is InChI=1S/C20H22N4O2/c1-13(2)11-24-12-17(16-5-3-4-6-18(16)24)19(25)22-14-7-9-15(10-8-14)23-20(21)26/h3-10,12-13H,11H2,1-2H3,(H,22,25)(H3,21,23,26). The van der Waals surface area contributed by atoms with Crippen LogP contribution in [0, 0.1) is 5.92 Å². The van der Waals surface area contributed by atoms with Gasteiger partial charge in [-0.2, -0.15) is 0 Å². The number of aromatic nitrogens is 1. The molecule has 0 saturated heterocycles. The van der Waals surface area contributed by atoms with Gasteiger partial charge in [0.15, 0.2) is 0 Å². The molecule has 0 aliphatic rings. The van der Waals surface area contributed by atoms with Gasteiger partial charge in [0.1, 0.15) is 0 Å². The Kier molecular flexibility index (Phi) is 4.93. The van der Waals surface area contributed by atoms with Crippen LogP contribution in [0.2, 0.25) is 0 Å². The number of fused-ring (bicyclic) bond motifs is 1. The van der Waals surface area contributed by atoms with Crippen LogP contribution < -0.4 is 16.4 Å². The number of nitrogens with one attached hydrogen (secondary N) is 2. The summed E-state index contributed by atoms with van der Waals surface area (Å²) in [6.07, 6.45) is 1.91. The van der Waals surface area contributed by atoms with Gasteiger partial charge in [-0.25, -0.2) is 4.79 Å². The lowest BCUT2D eigenvalue weighted by molar-refractivity contribution is 0.102. The van der Waals surface area contributed by atoms with Crippen molar-refractivity contribution in [2.75, 3.05) is 10.6 Å². The lowest BCUT2D eigenvalue weighted by atomic mass is 10.1. The van der Waals surface area contributed by atoms with Gasteiger partial charge in [-0.05, 0) is 36.2 Å². The summed E-state index contributed by atoms with van der Waals surface area (Å²) in [6, 6.07) is 14.1. The topological polar surface area (TPSA) is 89.2 Å². The third-order valence-corrected chi connectivity index (χ3v) is 4.01. The Labute approximate surface area is 152 Å². The summed E-state index contributed by atoms with van der Waals surface area (Å²) >= 11 is 0. The second kappa shape index (κ2) is 7.31. The van der Waals surface area contributed by atoms with Crippen LogP contribution in [0.5, 0.6) is 0 Å². The number of nitrogens with zero attached hydrogens (tertiary/aromatic N) is 1. The molecule has 6 heteroatoms. The Morgan fingerprint density at radius 3 is 2.23 bits per heavy atom. The summed E-state index contributed by atoms with van der Waals surface area (Å²) in [7, 11) is 0. The molecule has 0 saturated carbocycles. The summed E-state index contributed by atoms with van der Waals surface area (Å²) < 4.78 is 2.12. The molecule has 3 rings (SSSR count). The average molecular weight is 350 g/mol. The number of carbonyl (C=O) groups is 2. The minimum absolute atomic E-state index is 0.167. The zero-order valence-electron chi connectivity index (χ0n) is 14.8. The molecule has 3 aromatic rings. The van der Waals surface area contributed by atoms with E-state index >= 15 is 0 Å². The van der Waals surface area contributed by atoms with E-state index in [4.69, 9.17) is 5.73 Å². The molecular weight excluding hydrogens is 328 g/mol. The van der Waals surface area contributed by atoms with E-state index in [0.29, 0.717) is 22.9 Å². The minimum atomic E-state index is -0.625. The van der Waals surface area contributed by atoms with Crippen LogP contribution in [0.15, 0.2) is 54.7 Å². The first-order chi connectivity index (χ1) is 12.4. The van der Waals surface area contributed by atoms with Gasteiger partial charge in [0, 0.05) is 35.0 Å². The molecule has 0 atom stereocenters. The van der Waals surface area contributed by atoms with Crippen LogP contribution in [0.4, 0.5) is 16.2 Å². The second-order valence-corrected chi connectivity index (χ2v) is 6.63. The Hall–Kier alpha value is -3.28. The van der Waals surface area contributed by atoms with E-state index in [0.717, 1.165) is 17.4 Å². The fourth-order valence-electron chi connectivity index (χ4n) is 2.95. The zero-order valence-corrected chi connectivity index (χ0v) is 14.8. The molecule has 0 aliphatic heterocycles. The van der Waals surface area contributed by atoms with Gasteiger partial charge in [-0.3, -0.25) is 4.79 Å². The molecule has 0 bridgehead atoms. The lowest BCUT2D eigenvalue weighted by Crippen LogP contribution is -2.19. The van der Waals surface area contributed by atoms with Crippen molar-refractivity contribution in [3.05, 3.63) is 60.3 Å². The predicted octanol–water partition coefficient (Wildman–Crippen LogP) is 4.04. The third kappa shape index (κ3) is 3.85. The van der Waals surface area contributed by atoms with E-state index in [1.165, 1.54) is 0 Å². The number of benzene rings is 2. The van der Waals surface area contributed by atoms with Crippen LogP contribution in [-0.4, -0.2) is 16.5 Å². The quantitative estimate of drug-likeness (QED) is 0.648. The number of carbonyl (C=O) groups excluding carboxylic acids is 2. The minimum Gasteiger partial charge on any atom is -0.351 e. The number of anilines is 2. The van der Waals surface area contributed by atoms with Crippen molar-refractivity contribution in [3.8, 4) is 0 Å². The molecular formula is C20H22N4O2. The summed E-state index contributed by atoms with van der Waals surface area (Å²) in [5.74, 6) is 0.311. The van der Waals surface area contributed by atoms with E-state index in [-0.39, 0.29) is 5.91 Å². The number of primary amides is 1. The maximum atomic E-state index is 12.8. The molecule has 26 heavy (non-hydrogen) atoms. The molecule has 0 unspecified atom stereocenters. The highest BCUT2D eigenvalue weighted by Gasteiger charge is 2.15. The summed E-state index contributed by atoms with van der Waals surface area (Å²) in [6.45, 7) is 5.15. The smallest absolute Gasteiger partial charge is 0.316 e. The van der Waals surface area contributed by atoms with Crippen molar-refractivity contribution in [1.29, 1.82) is 0 Å². The second-order valence-electron chi connectivity index (χ2n) is 6.63. The number of para-hydroxylation sites is 1. The van der Waals surface area contributed by atoms with Gasteiger partial charge in [-0.15, -0.1) is 0 Å². The van der Waals surface area contributed by atoms with Gasteiger partial charge >= 0.3 is 6.03 Å². The Balaban J connectivity index is 1.84. The maximum absolute atomic E-state index is 12.8. The molecule has 0 spiro atoms. The molecule has 3 amide bonds. The molecule has 0 aliphatic carbocycles. The Bertz CT molecular complexity index is 942. The van der Waals surface area contributed by atoms with Crippen molar-refractivity contribution in [3.63, 3.8) is 0 Å². The SMILES string of the molecule is CC(C)Cn1cc(C(=O)Nc2ccc(NC(N)=O)cc2)c2ccccc21. The number of urea groups is 1. The summed E-state index contributed by atoms with van der Waals surface area (Å²) in [5.41, 5.74) is 7.99. The third-order valence-electron chi connectivity index (χ3n) is 4.01. The molecule has 6 nitrogen and oxygen atoms in total. The van der Waals surface area contributed by atoms with Crippen molar-refractivity contribution < 1.29 is 9.59 Å². The normalized spacial score (nSPS) is 10.9. The highest BCUT2D eigenvalue weighted by molar-refractivity contribution is 6.13.